The third kappa shape index (κ3) is 6.21. The van der Waals surface area contributed by atoms with Gasteiger partial charge in [-0.2, -0.15) is 0 Å². The van der Waals surface area contributed by atoms with Gasteiger partial charge in [0.25, 0.3) is 0 Å². The van der Waals surface area contributed by atoms with Gasteiger partial charge < -0.3 is 20.1 Å². The molecule has 0 spiro atoms. The Hall–Kier alpha value is -0.810. The molecule has 1 atom stereocenters. The molecule has 0 aromatic heterocycles. The van der Waals surface area contributed by atoms with Crippen LogP contribution in [0, 0.1) is 0 Å². The minimum atomic E-state index is -0.444. The average Bonchev–Trinajstić information content (AvgIpc) is 2.23. The molecule has 5 heteroatoms. The van der Waals surface area contributed by atoms with Crippen LogP contribution < -0.4 is 10.6 Å². The quantitative estimate of drug-likeness (QED) is 0.753. The second kappa shape index (κ2) is 6.38. The van der Waals surface area contributed by atoms with E-state index in [-0.39, 0.29) is 11.6 Å². The first-order valence-corrected chi connectivity index (χ1v) is 6.60. The highest BCUT2D eigenvalue weighted by atomic mass is 16.6. The molecule has 0 saturated carbocycles. The SMILES string of the molecule is CC1(NCCNC(=O)OC(C)(C)C)CCCOC1. The minimum Gasteiger partial charge on any atom is -0.444 e. The summed E-state index contributed by atoms with van der Waals surface area (Å²) in [4.78, 5) is 11.4. The minimum absolute atomic E-state index is 0.0356. The van der Waals surface area contributed by atoms with E-state index in [1.54, 1.807) is 0 Å². The number of hydrogen-bond donors (Lipinski definition) is 2. The van der Waals surface area contributed by atoms with E-state index in [1.165, 1.54) is 0 Å². The van der Waals surface area contributed by atoms with Crippen molar-refractivity contribution >= 4 is 6.09 Å². The van der Waals surface area contributed by atoms with Crippen molar-refractivity contribution in [2.45, 2.75) is 51.7 Å². The second-order valence-corrected chi connectivity index (χ2v) is 6.07. The van der Waals surface area contributed by atoms with E-state index in [2.05, 4.69) is 17.6 Å². The summed E-state index contributed by atoms with van der Waals surface area (Å²) in [6, 6.07) is 0. The third-order valence-electron chi connectivity index (χ3n) is 2.78. The first kappa shape index (κ1) is 15.2. The van der Waals surface area contributed by atoms with Crippen molar-refractivity contribution in [2.75, 3.05) is 26.3 Å². The smallest absolute Gasteiger partial charge is 0.407 e. The Kier molecular flexibility index (Phi) is 5.41. The van der Waals surface area contributed by atoms with E-state index in [0.717, 1.165) is 32.6 Å². The maximum atomic E-state index is 11.4. The van der Waals surface area contributed by atoms with Crippen LogP contribution in [0.2, 0.25) is 0 Å². The summed E-state index contributed by atoms with van der Waals surface area (Å²) in [5.41, 5.74) is -0.408. The van der Waals surface area contributed by atoms with Crippen molar-refractivity contribution in [3.05, 3.63) is 0 Å². The molecule has 18 heavy (non-hydrogen) atoms. The van der Waals surface area contributed by atoms with Crippen LogP contribution in [0.4, 0.5) is 4.79 Å². The number of carbonyl (C=O) groups is 1. The van der Waals surface area contributed by atoms with Gasteiger partial charge in [-0.1, -0.05) is 0 Å². The van der Waals surface area contributed by atoms with E-state index >= 15 is 0 Å². The van der Waals surface area contributed by atoms with Crippen LogP contribution in [0.3, 0.4) is 0 Å². The number of carbonyl (C=O) groups excluding carboxylic acids is 1. The molecule has 0 radical (unpaired) electrons. The van der Waals surface area contributed by atoms with Crippen LogP contribution in [-0.4, -0.2) is 43.5 Å². The number of hydrogen-bond acceptors (Lipinski definition) is 4. The molecule has 1 amide bonds. The first-order valence-electron chi connectivity index (χ1n) is 6.60. The lowest BCUT2D eigenvalue weighted by Crippen LogP contribution is -2.51. The molecule has 0 aromatic rings. The lowest BCUT2D eigenvalue weighted by molar-refractivity contribution is 0.0283. The van der Waals surface area contributed by atoms with Gasteiger partial charge in [-0.15, -0.1) is 0 Å². The number of alkyl carbamates (subject to hydrolysis) is 1. The fourth-order valence-electron chi connectivity index (χ4n) is 1.92. The van der Waals surface area contributed by atoms with E-state index < -0.39 is 5.60 Å². The second-order valence-electron chi connectivity index (χ2n) is 6.07. The molecule has 1 unspecified atom stereocenters. The summed E-state index contributed by atoms with van der Waals surface area (Å²) in [5.74, 6) is 0. The molecule has 0 aliphatic carbocycles. The number of ether oxygens (including phenoxy) is 2. The Balaban J connectivity index is 2.12. The number of rotatable bonds is 4. The van der Waals surface area contributed by atoms with Crippen molar-refractivity contribution < 1.29 is 14.3 Å². The van der Waals surface area contributed by atoms with Gasteiger partial charge in [0.2, 0.25) is 0 Å². The summed E-state index contributed by atoms with van der Waals surface area (Å²) >= 11 is 0. The zero-order chi connectivity index (χ0) is 13.6. The van der Waals surface area contributed by atoms with Gasteiger partial charge in [0, 0.05) is 25.2 Å². The van der Waals surface area contributed by atoms with Crippen molar-refractivity contribution in [1.29, 1.82) is 0 Å². The summed E-state index contributed by atoms with van der Waals surface area (Å²) in [6.45, 7) is 10.6. The molecular weight excluding hydrogens is 232 g/mol. The van der Waals surface area contributed by atoms with Gasteiger partial charge in [0.15, 0.2) is 0 Å². The predicted octanol–water partition coefficient (Wildman–Crippen LogP) is 1.67. The zero-order valence-corrected chi connectivity index (χ0v) is 12.0. The maximum Gasteiger partial charge on any atom is 0.407 e. The molecule has 2 N–H and O–H groups in total. The van der Waals surface area contributed by atoms with Crippen LogP contribution in [0.1, 0.15) is 40.5 Å². The molecule has 106 valence electrons. The largest absolute Gasteiger partial charge is 0.444 e. The van der Waals surface area contributed by atoms with Crippen LogP contribution in [-0.2, 0) is 9.47 Å². The Morgan fingerprint density at radius 1 is 1.39 bits per heavy atom. The molecule has 5 nitrogen and oxygen atoms in total. The van der Waals surface area contributed by atoms with Crippen molar-refractivity contribution in [3.8, 4) is 0 Å². The van der Waals surface area contributed by atoms with Gasteiger partial charge in [0.05, 0.1) is 6.61 Å². The predicted molar refractivity (Wildman–Crippen MR) is 70.7 cm³/mol. The van der Waals surface area contributed by atoms with Gasteiger partial charge >= 0.3 is 6.09 Å². The molecule has 1 rings (SSSR count). The standard InChI is InChI=1S/C13H26N2O3/c1-12(2,3)18-11(16)14-7-8-15-13(4)6-5-9-17-10-13/h15H,5-10H2,1-4H3,(H,14,16). The normalized spacial score (nSPS) is 24.7. The van der Waals surface area contributed by atoms with Crippen LogP contribution in [0.5, 0.6) is 0 Å². The highest BCUT2D eigenvalue weighted by Crippen LogP contribution is 2.17. The van der Waals surface area contributed by atoms with Crippen molar-refractivity contribution in [2.24, 2.45) is 0 Å². The average molecular weight is 258 g/mol. The Bertz CT molecular complexity index is 268. The van der Waals surface area contributed by atoms with Gasteiger partial charge in [-0.25, -0.2) is 4.79 Å². The third-order valence-corrected chi connectivity index (χ3v) is 2.78. The molecule has 1 heterocycles. The van der Waals surface area contributed by atoms with Gasteiger partial charge in [0.1, 0.15) is 5.60 Å². The van der Waals surface area contributed by atoms with Crippen molar-refractivity contribution in [3.63, 3.8) is 0 Å². The van der Waals surface area contributed by atoms with Crippen LogP contribution in [0.25, 0.3) is 0 Å². The molecule has 1 aliphatic rings. The summed E-state index contributed by atoms with van der Waals surface area (Å²) < 4.78 is 10.6. The van der Waals surface area contributed by atoms with E-state index in [0.29, 0.717) is 6.54 Å². The fourth-order valence-corrected chi connectivity index (χ4v) is 1.92. The van der Waals surface area contributed by atoms with Gasteiger partial charge in [-0.05, 0) is 40.5 Å². The van der Waals surface area contributed by atoms with Crippen LogP contribution >= 0.6 is 0 Å². The molecule has 1 fully saturated rings. The molecule has 1 saturated heterocycles. The summed E-state index contributed by atoms with van der Waals surface area (Å²) in [7, 11) is 0. The van der Waals surface area contributed by atoms with E-state index in [4.69, 9.17) is 9.47 Å². The number of nitrogens with one attached hydrogen (secondary N) is 2. The first-order chi connectivity index (χ1) is 8.31. The van der Waals surface area contributed by atoms with E-state index in [1.807, 2.05) is 20.8 Å². The summed E-state index contributed by atoms with van der Waals surface area (Å²) in [6.07, 6.45) is 1.83. The van der Waals surface area contributed by atoms with Crippen molar-refractivity contribution in [1.82, 2.24) is 10.6 Å². The Labute approximate surface area is 110 Å². The number of amides is 1. The highest BCUT2D eigenvalue weighted by Gasteiger charge is 2.26. The topological polar surface area (TPSA) is 59.6 Å². The molecule has 0 aromatic carbocycles. The fraction of sp³-hybridized carbons (Fsp3) is 0.923. The lowest BCUT2D eigenvalue weighted by atomic mass is 9.95. The van der Waals surface area contributed by atoms with Crippen LogP contribution in [0.15, 0.2) is 0 Å². The Morgan fingerprint density at radius 3 is 2.67 bits per heavy atom. The lowest BCUT2D eigenvalue weighted by Gasteiger charge is -2.34. The summed E-state index contributed by atoms with van der Waals surface area (Å²) in [5, 5.41) is 6.15. The maximum absolute atomic E-state index is 11.4. The molecule has 0 bridgehead atoms. The molecule has 1 aliphatic heterocycles. The zero-order valence-electron chi connectivity index (χ0n) is 12.0. The van der Waals surface area contributed by atoms with E-state index in [9.17, 15) is 4.79 Å². The highest BCUT2D eigenvalue weighted by molar-refractivity contribution is 5.67. The monoisotopic (exact) mass is 258 g/mol. The Morgan fingerprint density at radius 2 is 2.11 bits per heavy atom. The molecular formula is C13H26N2O3. The van der Waals surface area contributed by atoms with Gasteiger partial charge in [-0.3, -0.25) is 0 Å².